The molecule has 116 valence electrons. The van der Waals surface area contributed by atoms with Crippen LogP contribution in [0, 0.1) is 5.92 Å². The second-order valence-corrected chi connectivity index (χ2v) is 6.55. The zero-order valence-electron chi connectivity index (χ0n) is 12.8. The Labute approximate surface area is 129 Å². The fourth-order valence-corrected chi connectivity index (χ4v) is 3.54. The molecule has 2 atom stereocenters. The number of nitrogens with one attached hydrogen (secondary N) is 1. The number of amides is 2. The van der Waals surface area contributed by atoms with Crippen LogP contribution >= 0.6 is 11.3 Å². The molecule has 1 fully saturated rings. The van der Waals surface area contributed by atoms with Gasteiger partial charge in [-0.3, -0.25) is 9.59 Å². The second kappa shape index (κ2) is 7.04. The van der Waals surface area contributed by atoms with Crippen LogP contribution in [0.15, 0.2) is 17.5 Å². The summed E-state index contributed by atoms with van der Waals surface area (Å²) in [6.07, 6.45) is 0.339. The summed E-state index contributed by atoms with van der Waals surface area (Å²) in [5.74, 6) is -0.133. The lowest BCUT2D eigenvalue weighted by molar-refractivity contribution is -0.128. The lowest BCUT2D eigenvalue weighted by Gasteiger charge is -2.24. The van der Waals surface area contributed by atoms with Crippen molar-refractivity contribution in [1.82, 2.24) is 15.1 Å². The van der Waals surface area contributed by atoms with E-state index in [-0.39, 0.29) is 23.8 Å². The molecule has 21 heavy (non-hydrogen) atoms. The summed E-state index contributed by atoms with van der Waals surface area (Å²) in [7, 11) is 4.02. The molecule has 1 saturated heterocycles. The van der Waals surface area contributed by atoms with Gasteiger partial charge in [0.1, 0.15) is 0 Å². The molecular weight excluding hydrogens is 286 g/mol. The third-order valence-electron chi connectivity index (χ3n) is 3.93. The highest BCUT2D eigenvalue weighted by Crippen LogP contribution is 2.23. The third kappa shape index (κ3) is 3.83. The average molecular weight is 309 g/mol. The van der Waals surface area contributed by atoms with Crippen molar-refractivity contribution in [2.45, 2.75) is 19.4 Å². The van der Waals surface area contributed by atoms with E-state index < -0.39 is 0 Å². The lowest BCUT2D eigenvalue weighted by atomic mass is 10.1. The average Bonchev–Trinajstić information content (AvgIpc) is 3.07. The molecule has 2 heterocycles. The van der Waals surface area contributed by atoms with E-state index in [1.807, 2.05) is 32.5 Å². The molecule has 0 saturated carbocycles. The van der Waals surface area contributed by atoms with Gasteiger partial charge in [0.25, 0.3) is 0 Å². The molecule has 2 amide bonds. The highest BCUT2D eigenvalue weighted by Gasteiger charge is 2.33. The van der Waals surface area contributed by atoms with Gasteiger partial charge in [-0.25, -0.2) is 0 Å². The zero-order valence-corrected chi connectivity index (χ0v) is 13.7. The van der Waals surface area contributed by atoms with Gasteiger partial charge in [0, 0.05) is 30.9 Å². The highest BCUT2D eigenvalue weighted by molar-refractivity contribution is 7.10. The Kier molecular flexibility index (Phi) is 5.36. The summed E-state index contributed by atoms with van der Waals surface area (Å²) in [5, 5.41) is 5.05. The molecule has 0 aliphatic carbocycles. The summed E-state index contributed by atoms with van der Waals surface area (Å²) >= 11 is 1.69. The molecule has 1 N–H and O–H groups in total. The molecule has 1 aromatic rings. The largest absolute Gasteiger partial charge is 0.354 e. The minimum absolute atomic E-state index is 0.0114. The van der Waals surface area contributed by atoms with Crippen molar-refractivity contribution in [3.8, 4) is 0 Å². The monoisotopic (exact) mass is 309 g/mol. The maximum absolute atomic E-state index is 12.2. The van der Waals surface area contributed by atoms with E-state index in [1.54, 1.807) is 16.2 Å². The molecule has 0 unspecified atom stereocenters. The van der Waals surface area contributed by atoms with E-state index >= 15 is 0 Å². The third-order valence-corrected chi connectivity index (χ3v) is 4.91. The number of likely N-dealkylation sites (N-methyl/N-ethyl adjacent to an activating group) is 1. The summed E-state index contributed by atoms with van der Waals surface area (Å²) < 4.78 is 0. The van der Waals surface area contributed by atoms with Gasteiger partial charge in [-0.1, -0.05) is 6.07 Å². The first-order valence-electron chi connectivity index (χ1n) is 7.28. The smallest absolute Gasteiger partial charge is 0.225 e. The highest BCUT2D eigenvalue weighted by atomic mass is 32.1. The number of rotatable bonds is 6. The van der Waals surface area contributed by atoms with Crippen molar-refractivity contribution in [1.29, 1.82) is 0 Å². The van der Waals surface area contributed by atoms with Gasteiger partial charge >= 0.3 is 0 Å². The first-order chi connectivity index (χ1) is 10.0. The van der Waals surface area contributed by atoms with Gasteiger partial charge in [-0.2, -0.15) is 0 Å². The predicted octanol–water partition coefficient (Wildman–Crippen LogP) is 1.34. The first-order valence-corrected chi connectivity index (χ1v) is 8.16. The molecular formula is C15H23N3O2S. The Bertz CT molecular complexity index is 487. The number of likely N-dealkylation sites (tertiary alicyclic amines) is 1. The van der Waals surface area contributed by atoms with Crippen molar-refractivity contribution >= 4 is 23.2 Å². The number of hydrogen-bond donors (Lipinski definition) is 1. The van der Waals surface area contributed by atoms with Crippen molar-refractivity contribution in [3.63, 3.8) is 0 Å². The van der Waals surface area contributed by atoms with E-state index in [0.717, 1.165) is 0 Å². The Morgan fingerprint density at radius 1 is 1.57 bits per heavy atom. The molecule has 0 radical (unpaired) electrons. The Morgan fingerprint density at radius 3 is 2.86 bits per heavy atom. The fourth-order valence-electron chi connectivity index (χ4n) is 2.61. The second-order valence-electron chi connectivity index (χ2n) is 5.57. The number of carbonyl (C=O) groups excluding carboxylic acids is 2. The maximum atomic E-state index is 12.2. The van der Waals surface area contributed by atoms with Crippen LogP contribution in [0.4, 0.5) is 0 Å². The first kappa shape index (κ1) is 16.0. The van der Waals surface area contributed by atoms with Crippen LogP contribution in [-0.4, -0.2) is 55.3 Å². The van der Waals surface area contributed by atoms with Gasteiger partial charge in [-0.15, -0.1) is 11.3 Å². The summed E-state index contributed by atoms with van der Waals surface area (Å²) in [4.78, 5) is 29.0. The molecule has 1 aliphatic heterocycles. The Balaban J connectivity index is 1.90. The lowest BCUT2D eigenvalue weighted by Crippen LogP contribution is -2.38. The Hall–Kier alpha value is -1.40. The number of carbonyl (C=O) groups is 2. The fraction of sp³-hybridized carbons (Fsp3) is 0.600. The van der Waals surface area contributed by atoms with Gasteiger partial charge in [0.05, 0.1) is 12.0 Å². The molecule has 1 aliphatic rings. The molecule has 0 aromatic carbocycles. The van der Waals surface area contributed by atoms with Crippen LogP contribution < -0.4 is 5.32 Å². The van der Waals surface area contributed by atoms with Crippen LogP contribution in [0.2, 0.25) is 0 Å². The van der Waals surface area contributed by atoms with Crippen molar-refractivity contribution in [3.05, 3.63) is 22.4 Å². The van der Waals surface area contributed by atoms with Crippen molar-refractivity contribution in [2.75, 3.05) is 33.7 Å². The van der Waals surface area contributed by atoms with Crippen LogP contribution in [0.5, 0.6) is 0 Å². The molecule has 0 spiro atoms. The van der Waals surface area contributed by atoms with Crippen molar-refractivity contribution in [2.24, 2.45) is 5.92 Å². The van der Waals surface area contributed by atoms with Crippen LogP contribution in [0.1, 0.15) is 24.3 Å². The molecule has 1 aromatic heterocycles. The maximum Gasteiger partial charge on any atom is 0.225 e. The Morgan fingerprint density at radius 2 is 2.33 bits per heavy atom. The van der Waals surface area contributed by atoms with E-state index in [9.17, 15) is 9.59 Å². The number of hydrogen-bond acceptors (Lipinski definition) is 4. The van der Waals surface area contributed by atoms with Gasteiger partial charge in [0.2, 0.25) is 11.8 Å². The standard InChI is InChI=1S/C15H23N3O2S/c1-4-18-10-11(8-14(18)19)15(20)16-9-12(17(2)3)13-6-5-7-21-13/h5-7,11-12H,4,8-10H2,1-3H3,(H,16,20)/t11-,12+/m1/s1. The quantitative estimate of drug-likeness (QED) is 0.863. The normalized spacial score (nSPS) is 20.1. The molecule has 6 heteroatoms. The predicted molar refractivity (Wildman–Crippen MR) is 84.1 cm³/mol. The SMILES string of the molecule is CCN1C[C@H](C(=O)NC[C@@H](c2cccs2)N(C)C)CC1=O. The number of nitrogens with zero attached hydrogens (tertiary/aromatic N) is 2. The van der Waals surface area contributed by atoms with Crippen LogP contribution in [0.25, 0.3) is 0 Å². The topological polar surface area (TPSA) is 52.7 Å². The van der Waals surface area contributed by atoms with E-state index in [0.29, 0.717) is 26.1 Å². The van der Waals surface area contributed by atoms with Gasteiger partial charge < -0.3 is 15.1 Å². The van der Waals surface area contributed by atoms with Crippen LogP contribution in [0.3, 0.4) is 0 Å². The molecule has 0 bridgehead atoms. The minimum atomic E-state index is -0.205. The van der Waals surface area contributed by atoms with E-state index in [2.05, 4.69) is 16.3 Å². The van der Waals surface area contributed by atoms with Gasteiger partial charge in [-0.05, 0) is 32.5 Å². The molecule has 5 nitrogen and oxygen atoms in total. The summed E-state index contributed by atoms with van der Waals surface area (Å²) in [5.41, 5.74) is 0. The zero-order chi connectivity index (χ0) is 15.4. The minimum Gasteiger partial charge on any atom is -0.354 e. The summed E-state index contributed by atoms with van der Waals surface area (Å²) in [6.45, 7) is 3.74. The van der Waals surface area contributed by atoms with Crippen molar-refractivity contribution < 1.29 is 9.59 Å². The van der Waals surface area contributed by atoms with E-state index in [1.165, 1.54) is 4.88 Å². The summed E-state index contributed by atoms with van der Waals surface area (Å²) in [6, 6.07) is 4.28. The van der Waals surface area contributed by atoms with Crippen LogP contribution in [-0.2, 0) is 9.59 Å². The molecule has 2 rings (SSSR count). The van der Waals surface area contributed by atoms with E-state index in [4.69, 9.17) is 0 Å². The number of thiophene rings is 1. The van der Waals surface area contributed by atoms with Gasteiger partial charge in [0.15, 0.2) is 0 Å².